The summed E-state index contributed by atoms with van der Waals surface area (Å²) in [5, 5.41) is 6.03. The van der Waals surface area contributed by atoms with Crippen molar-refractivity contribution in [3.8, 4) is 0 Å². The molecule has 1 aromatic carbocycles. The fourth-order valence-electron chi connectivity index (χ4n) is 1.65. The largest absolute Gasteiger partial charge is 0.355 e. The molecule has 0 bridgehead atoms. The molecule has 1 saturated heterocycles. The first-order valence-electron chi connectivity index (χ1n) is 5.56. The zero-order chi connectivity index (χ0) is 12.3. The van der Waals surface area contributed by atoms with E-state index >= 15 is 0 Å². The van der Waals surface area contributed by atoms with E-state index in [4.69, 9.17) is 0 Å². The Bertz CT molecular complexity index is 421. The Kier molecular flexibility index (Phi) is 4.12. The standard InChI is InChI=1S/C12H14BrFN2O/c13-10-3-8(1-2-11(10)14)4-12(17)16-7-9-5-15-6-9/h1-3,9,15H,4-7H2,(H,16,17). The predicted molar refractivity (Wildman–Crippen MR) is 67.2 cm³/mol. The summed E-state index contributed by atoms with van der Waals surface area (Å²) in [4.78, 5) is 11.6. The van der Waals surface area contributed by atoms with Crippen molar-refractivity contribution in [3.63, 3.8) is 0 Å². The van der Waals surface area contributed by atoms with Crippen LogP contribution in [0.1, 0.15) is 5.56 Å². The van der Waals surface area contributed by atoms with Crippen LogP contribution in [0.15, 0.2) is 22.7 Å². The van der Waals surface area contributed by atoms with E-state index in [0.29, 0.717) is 23.4 Å². The summed E-state index contributed by atoms with van der Waals surface area (Å²) in [5.41, 5.74) is 0.808. The molecule has 92 valence electrons. The highest BCUT2D eigenvalue weighted by molar-refractivity contribution is 9.10. The number of rotatable bonds is 4. The highest BCUT2D eigenvalue weighted by atomic mass is 79.9. The molecule has 1 aliphatic rings. The van der Waals surface area contributed by atoms with Gasteiger partial charge in [-0.05, 0) is 33.6 Å². The highest BCUT2D eigenvalue weighted by Crippen LogP contribution is 2.17. The predicted octanol–water partition coefficient (Wildman–Crippen LogP) is 1.47. The molecule has 0 atom stereocenters. The third-order valence-corrected chi connectivity index (χ3v) is 3.41. The zero-order valence-corrected chi connectivity index (χ0v) is 10.9. The van der Waals surface area contributed by atoms with E-state index < -0.39 is 0 Å². The van der Waals surface area contributed by atoms with E-state index in [1.165, 1.54) is 6.07 Å². The average Bonchev–Trinajstić information content (AvgIpc) is 2.21. The second-order valence-electron chi connectivity index (χ2n) is 4.25. The first kappa shape index (κ1) is 12.5. The van der Waals surface area contributed by atoms with Crippen LogP contribution in [-0.4, -0.2) is 25.5 Å². The molecule has 1 amide bonds. The number of hydrogen-bond donors (Lipinski definition) is 2. The summed E-state index contributed by atoms with van der Waals surface area (Å²) in [6.07, 6.45) is 0.291. The third kappa shape index (κ3) is 3.51. The number of halogens is 2. The summed E-state index contributed by atoms with van der Waals surface area (Å²) >= 11 is 3.10. The lowest BCUT2D eigenvalue weighted by Crippen LogP contribution is -2.48. The van der Waals surface area contributed by atoms with Crippen molar-refractivity contribution in [2.75, 3.05) is 19.6 Å². The van der Waals surface area contributed by atoms with Gasteiger partial charge in [0.05, 0.1) is 10.9 Å². The maximum Gasteiger partial charge on any atom is 0.224 e. The minimum absolute atomic E-state index is 0.0181. The minimum Gasteiger partial charge on any atom is -0.355 e. The Morgan fingerprint density at radius 3 is 2.88 bits per heavy atom. The number of carbonyl (C=O) groups is 1. The molecule has 0 aromatic heterocycles. The number of hydrogen-bond acceptors (Lipinski definition) is 2. The SMILES string of the molecule is O=C(Cc1ccc(F)c(Br)c1)NCC1CNC1. The Labute approximate surface area is 108 Å². The van der Waals surface area contributed by atoms with Gasteiger partial charge in [0.2, 0.25) is 5.91 Å². The van der Waals surface area contributed by atoms with Crippen LogP contribution in [0.4, 0.5) is 4.39 Å². The van der Waals surface area contributed by atoms with Gasteiger partial charge in [0, 0.05) is 25.6 Å². The van der Waals surface area contributed by atoms with Gasteiger partial charge in [0.25, 0.3) is 0 Å². The van der Waals surface area contributed by atoms with Crippen LogP contribution in [0.25, 0.3) is 0 Å². The van der Waals surface area contributed by atoms with Crippen LogP contribution in [0.2, 0.25) is 0 Å². The number of amides is 1. The monoisotopic (exact) mass is 300 g/mol. The van der Waals surface area contributed by atoms with Crippen molar-refractivity contribution in [2.24, 2.45) is 5.92 Å². The Morgan fingerprint density at radius 1 is 1.53 bits per heavy atom. The number of carbonyl (C=O) groups excluding carboxylic acids is 1. The van der Waals surface area contributed by atoms with Gasteiger partial charge >= 0.3 is 0 Å². The third-order valence-electron chi connectivity index (χ3n) is 2.80. The highest BCUT2D eigenvalue weighted by Gasteiger charge is 2.17. The van der Waals surface area contributed by atoms with Crippen molar-refractivity contribution >= 4 is 21.8 Å². The lowest BCUT2D eigenvalue weighted by Gasteiger charge is -2.27. The maximum atomic E-state index is 13.0. The van der Waals surface area contributed by atoms with Crippen molar-refractivity contribution in [3.05, 3.63) is 34.1 Å². The van der Waals surface area contributed by atoms with E-state index in [1.54, 1.807) is 12.1 Å². The van der Waals surface area contributed by atoms with Crippen molar-refractivity contribution in [1.82, 2.24) is 10.6 Å². The molecule has 0 aliphatic carbocycles. The molecule has 0 saturated carbocycles. The smallest absolute Gasteiger partial charge is 0.224 e. The molecule has 0 spiro atoms. The average molecular weight is 301 g/mol. The van der Waals surface area contributed by atoms with Gasteiger partial charge in [0.1, 0.15) is 5.82 Å². The first-order valence-corrected chi connectivity index (χ1v) is 6.36. The van der Waals surface area contributed by atoms with Crippen molar-refractivity contribution in [2.45, 2.75) is 6.42 Å². The Balaban J connectivity index is 1.82. The van der Waals surface area contributed by atoms with Gasteiger partial charge in [-0.1, -0.05) is 6.07 Å². The second kappa shape index (κ2) is 5.60. The number of benzene rings is 1. The molecule has 1 aromatic rings. The molecule has 1 aliphatic heterocycles. The molecular formula is C12H14BrFN2O. The molecule has 0 radical (unpaired) electrons. The first-order chi connectivity index (χ1) is 8.15. The molecule has 2 N–H and O–H groups in total. The molecular weight excluding hydrogens is 287 g/mol. The lowest BCUT2D eigenvalue weighted by molar-refractivity contribution is -0.120. The van der Waals surface area contributed by atoms with Gasteiger partial charge in [-0.3, -0.25) is 4.79 Å². The van der Waals surface area contributed by atoms with E-state index in [9.17, 15) is 9.18 Å². The van der Waals surface area contributed by atoms with Crippen LogP contribution in [0.5, 0.6) is 0 Å². The van der Waals surface area contributed by atoms with Crippen LogP contribution >= 0.6 is 15.9 Å². The van der Waals surface area contributed by atoms with E-state index in [2.05, 4.69) is 26.6 Å². The van der Waals surface area contributed by atoms with Gasteiger partial charge in [-0.25, -0.2) is 4.39 Å². The Hall–Kier alpha value is -0.940. The molecule has 1 heterocycles. The Morgan fingerprint density at radius 2 is 2.29 bits per heavy atom. The molecule has 1 fully saturated rings. The van der Waals surface area contributed by atoms with E-state index in [0.717, 1.165) is 18.7 Å². The van der Waals surface area contributed by atoms with Crippen LogP contribution < -0.4 is 10.6 Å². The summed E-state index contributed by atoms with van der Waals surface area (Å²) in [6, 6.07) is 4.63. The minimum atomic E-state index is -0.310. The lowest BCUT2D eigenvalue weighted by atomic mass is 10.0. The molecule has 3 nitrogen and oxygen atoms in total. The summed E-state index contributed by atoms with van der Waals surface area (Å²) < 4.78 is 13.4. The normalized spacial score (nSPS) is 15.4. The van der Waals surface area contributed by atoms with Crippen LogP contribution in [-0.2, 0) is 11.2 Å². The molecule has 17 heavy (non-hydrogen) atoms. The maximum absolute atomic E-state index is 13.0. The summed E-state index contributed by atoms with van der Waals surface area (Å²) in [5.74, 6) is 0.226. The van der Waals surface area contributed by atoms with Crippen LogP contribution in [0, 0.1) is 11.7 Å². The topological polar surface area (TPSA) is 41.1 Å². The quantitative estimate of drug-likeness (QED) is 0.884. The number of nitrogens with one attached hydrogen (secondary N) is 2. The van der Waals surface area contributed by atoms with Gasteiger partial charge in [-0.15, -0.1) is 0 Å². The van der Waals surface area contributed by atoms with Gasteiger partial charge in [-0.2, -0.15) is 0 Å². The van der Waals surface area contributed by atoms with Crippen molar-refractivity contribution in [1.29, 1.82) is 0 Å². The van der Waals surface area contributed by atoms with E-state index in [-0.39, 0.29) is 11.7 Å². The zero-order valence-electron chi connectivity index (χ0n) is 9.30. The van der Waals surface area contributed by atoms with Crippen LogP contribution in [0.3, 0.4) is 0 Å². The van der Waals surface area contributed by atoms with Gasteiger partial charge < -0.3 is 10.6 Å². The molecule has 0 unspecified atom stereocenters. The van der Waals surface area contributed by atoms with Gasteiger partial charge in [0.15, 0.2) is 0 Å². The second-order valence-corrected chi connectivity index (χ2v) is 5.11. The summed E-state index contributed by atoms with van der Waals surface area (Å²) in [6.45, 7) is 2.67. The van der Waals surface area contributed by atoms with Crippen molar-refractivity contribution < 1.29 is 9.18 Å². The fourth-order valence-corrected chi connectivity index (χ4v) is 2.07. The molecule has 2 rings (SSSR count). The van der Waals surface area contributed by atoms with E-state index in [1.807, 2.05) is 0 Å². The summed E-state index contributed by atoms with van der Waals surface area (Å²) in [7, 11) is 0. The molecule has 5 heteroatoms. The fraction of sp³-hybridized carbons (Fsp3) is 0.417.